The summed E-state index contributed by atoms with van der Waals surface area (Å²) in [7, 11) is 0. The second kappa shape index (κ2) is 5.85. The highest BCUT2D eigenvalue weighted by Gasteiger charge is 2.07. The molecule has 4 aromatic rings. The van der Waals surface area contributed by atoms with Crippen LogP contribution in [-0.4, -0.2) is 5.78 Å². The minimum Gasteiger partial charge on any atom is -0.457 e. The third-order valence-electron chi connectivity index (χ3n) is 4.83. The van der Waals surface area contributed by atoms with Gasteiger partial charge in [0.25, 0.3) is 0 Å². The van der Waals surface area contributed by atoms with E-state index in [1.165, 1.54) is 10.8 Å². The minimum absolute atomic E-state index is 0.167. The Labute approximate surface area is 150 Å². The lowest BCUT2D eigenvalue weighted by atomic mass is 9.98. The third kappa shape index (κ3) is 2.56. The molecule has 0 aliphatic heterocycles. The summed E-state index contributed by atoms with van der Waals surface area (Å²) in [4.78, 5) is 11.7. The standard InChI is InChI=1S/C24H16O2/c25-20-9-8-16-15-24-17(12-19(16)13-20)6-7-18-14-22(10-11-23(18)24)26-21-4-2-1-3-5-21/h1-8,10-15H,9H2. The molecule has 0 fully saturated rings. The van der Waals surface area contributed by atoms with Crippen molar-refractivity contribution in [3.8, 4) is 11.5 Å². The number of ketones is 1. The Bertz CT molecular complexity index is 1280. The van der Waals surface area contributed by atoms with Crippen LogP contribution < -0.4 is 15.2 Å². The van der Waals surface area contributed by atoms with E-state index in [0.717, 1.165) is 32.7 Å². The van der Waals surface area contributed by atoms with Gasteiger partial charge >= 0.3 is 0 Å². The monoisotopic (exact) mass is 336 g/mol. The fourth-order valence-corrected chi connectivity index (χ4v) is 3.56. The molecule has 2 heteroatoms. The first-order valence-corrected chi connectivity index (χ1v) is 8.70. The fourth-order valence-electron chi connectivity index (χ4n) is 3.56. The van der Waals surface area contributed by atoms with Crippen LogP contribution >= 0.6 is 0 Å². The Morgan fingerprint density at radius 1 is 0.692 bits per heavy atom. The molecule has 0 bridgehead atoms. The molecule has 0 saturated heterocycles. The summed E-state index contributed by atoms with van der Waals surface area (Å²) in [6.07, 6.45) is 4.25. The van der Waals surface area contributed by atoms with Gasteiger partial charge in [-0.2, -0.15) is 0 Å². The molecule has 1 aliphatic carbocycles. The zero-order chi connectivity index (χ0) is 17.5. The van der Waals surface area contributed by atoms with Crippen molar-refractivity contribution in [2.45, 2.75) is 6.42 Å². The van der Waals surface area contributed by atoms with Gasteiger partial charge in [0.15, 0.2) is 5.78 Å². The molecule has 0 aromatic heterocycles. The molecule has 0 amide bonds. The maximum atomic E-state index is 11.7. The molecule has 0 radical (unpaired) electrons. The quantitative estimate of drug-likeness (QED) is 0.510. The van der Waals surface area contributed by atoms with Crippen molar-refractivity contribution in [2.75, 3.05) is 0 Å². The van der Waals surface area contributed by atoms with Gasteiger partial charge < -0.3 is 4.74 Å². The van der Waals surface area contributed by atoms with Crippen molar-refractivity contribution in [1.82, 2.24) is 0 Å². The number of fused-ring (bicyclic) bond motifs is 4. The maximum Gasteiger partial charge on any atom is 0.160 e. The summed E-state index contributed by atoms with van der Waals surface area (Å²) in [5.74, 6) is 1.82. The van der Waals surface area contributed by atoms with Crippen LogP contribution in [0, 0.1) is 0 Å². The second-order valence-electron chi connectivity index (χ2n) is 6.58. The van der Waals surface area contributed by atoms with E-state index in [-0.39, 0.29) is 5.78 Å². The van der Waals surface area contributed by atoms with Crippen LogP contribution in [0.1, 0.15) is 6.42 Å². The van der Waals surface area contributed by atoms with Crippen LogP contribution in [0.15, 0.2) is 72.8 Å². The fraction of sp³-hybridized carbons (Fsp3) is 0.0417. The number of carbonyl (C=O) groups excluding carboxylic acids is 1. The maximum absolute atomic E-state index is 11.7. The first-order chi connectivity index (χ1) is 12.8. The summed E-state index contributed by atoms with van der Waals surface area (Å²) in [5.41, 5.74) is 0. The molecule has 26 heavy (non-hydrogen) atoms. The Morgan fingerprint density at radius 2 is 1.50 bits per heavy atom. The number of para-hydroxylation sites is 1. The number of ether oxygens (including phenoxy) is 1. The van der Waals surface area contributed by atoms with Gasteiger partial charge in [-0.15, -0.1) is 0 Å². The SMILES string of the molecule is O=C1C=c2cc3ccc4cc(Oc5ccccc5)ccc4c3cc2=CC1. The van der Waals surface area contributed by atoms with Gasteiger partial charge in [0.2, 0.25) is 0 Å². The van der Waals surface area contributed by atoms with Gasteiger partial charge in [0, 0.05) is 6.42 Å². The predicted molar refractivity (Wildman–Crippen MR) is 106 cm³/mol. The summed E-state index contributed by atoms with van der Waals surface area (Å²) >= 11 is 0. The largest absolute Gasteiger partial charge is 0.457 e. The van der Waals surface area contributed by atoms with Crippen molar-refractivity contribution in [2.24, 2.45) is 0 Å². The van der Waals surface area contributed by atoms with Crippen LogP contribution in [-0.2, 0) is 4.79 Å². The van der Waals surface area contributed by atoms with Gasteiger partial charge in [-0.3, -0.25) is 4.79 Å². The zero-order valence-electron chi connectivity index (χ0n) is 14.1. The third-order valence-corrected chi connectivity index (χ3v) is 4.83. The Morgan fingerprint density at radius 3 is 2.35 bits per heavy atom. The molecular weight excluding hydrogens is 320 g/mol. The highest BCUT2D eigenvalue weighted by Crippen LogP contribution is 2.29. The van der Waals surface area contributed by atoms with E-state index in [0.29, 0.717) is 6.42 Å². The molecule has 5 rings (SSSR count). The molecular formula is C24H16O2. The van der Waals surface area contributed by atoms with E-state index in [2.05, 4.69) is 36.4 Å². The van der Waals surface area contributed by atoms with E-state index < -0.39 is 0 Å². The van der Waals surface area contributed by atoms with Crippen molar-refractivity contribution in [1.29, 1.82) is 0 Å². The van der Waals surface area contributed by atoms with E-state index >= 15 is 0 Å². The van der Waals surface area contributed by atoms with Crippen molar-refractivity contribution < 1.29 is 9.53 Å². The Hall–Kier alpha value is -3.39. The normalized spacial score (nSPS) is 13.2. The molecule has 2 nitrogen and oxygen atoms in total. The van der Waals surface area contributed by atoms with Crippen molar-refractivity contribution in [3.05, 3.63) is 83.2 Å². The lowest BCUT2D eigenvalue weighted by Crippen LogP contribution is -2.28. The van der Waals surface area contributed by atoms with Gasteiger partial charge in [0.1, 0.15) is 11.5 Å². The van der Waals surface area contributed by atoms with Crippen LogP contribution in [0.2, 0.25) is 0 Å². The number of hydrogen-bond donors (Lipinski definition) is 0. The average Bonchev–Trinajstić information content (AvgIpc) is 2.67. The first-order valence-electron chi connectivity index (χ1n) is 8.70. The van der Waals surface area contributed by atoms with Crippen LogP contribution in [0.3, 0.4) is 0 Å². The van der Waals surface area contributed by atoms with Crippen LogP contribution in [0.5, 0.6) is 11.5 Å². The highest BCUT2D eigenvalue weighted by atomic mass is 16.5. The summed E-state index contributed by atoms with van der Waals surface area (Å²) < 4.78 is 5.95. The van der Waals surface area contributed by atoms with Crippen LogP contribution in [0.25, 0.3) is 33.7 Å². The number of benzene rings is 4. The number of hydrogen-bond acceptors (Lipinski definition) is 2. The lowest BCUT2D eigenvalue weighted by molar-refractivity contribution is -0.112. The average molecular weight is 336 g/mol. The van der Waals surface area contributed by atoms with Gasteiger partial charge in [-0.1, -0.05) is 42.5 Å². The lowest BCUT2D eigenvalue weighted by Gasteiger charge is -2.09. The smallest absolute Gasteiger partial charge is 0.160 e. The molecule has 0 atom stereocenters. The molecule has 0 saturated carbocycles. The Kier molecular flexibility index (Phi) is 3.36. The minimum atomic E-state index is 0.167. The highest BCUT2D eigenvalue weighted by molar-refractivity contribution is 6.11. The second-order valence-corrected chi connectivity index (χ2v) is 6.58. The summed E-state index contributed by atoms with van der Waals surface area (Å²) in [6, 6.07) is 24.5. The molecule has 124 valence electrons. The zero-order valence-corrected chi connectivity index (χ0v) is 14.1. The van der Waals surface area contributed by atoms with Gasteiger partial charge in [0.05, 0.1) is 0 Å². The van der Waals surface area contributed by atoms with E-state index in [4.69, 9.17) is 4.74 Å². The number of rotatable bonds is 2. The molecule has 0 N–H and O–H groups in total. The number of carbonyl (C=O) groups is 1. The molecule has 0 heterocycles. The van der Waals surface area contributed by atoms with Gasteiger partial charge in [-0.05, 0) is 74.5 Å². The van der Waals surface area contributed by atoms with E-state index in [9.17, 15) is 4.79 Å². The molecule has 0 spiro atoms. The molecule has 0 unspecified atom stereocenters. The van der Waals surface area contributed by atoms with E-state index in [1.54, 1.807) is 6.08 Å². The number of Topliss-reactive ketones (excluding diaryl/α,β-unsaturated/α-hetero) is 1. The topological polar surface area (TPSA) is 26.3 Å². The molecule has 4 aromatic carbocycles. The first kappa shape index (κ1) is 14.9. The summed E-state index contributed by atoms with van der Waals surface area (Å²) in [6.45, 7) is 0. The Balaban J connectivity index is 1.67. The van der Waals surface area contributed by atoms with Gasteiger partial charge in [-0.25, -0.2) is 0 Å². The predicted octanol–water partition coefficient (Wildman–Crippen LogP) is 4.32. The van der Waals surface area contributed by atoms with Crippen LogP contribution in [0.4, 0.5) is 0 Å². The van der Waals surface area contributed by atoms with E-state index in [1.807, 2.05) is 42.5 Å². The summed E-state index contributed by atoms with van der Waals surface area (Å²) in [5, 5.41) is 6.82. The van der Waals surface area contributed by atoms with Crippen molar-refractivity contribution >= 4 is 39.5 Å². The molecule has 1 aliphatic rings. The van der Waals surface area contributed by atoms with Crippen molar-refractivity contribution in [3.63, 3.8) is 0 Å².